The predicted octanol–water partition coefficient (Wildman–Crippen LogP) is 3.74. The fourth-order valence-electron chi connectivity index (χ4n) is 4.16. The summed E-state index contributed by atoms with van der Waals surface area (Å²) >= 11 is 0. The Morgan fingerprint density at radius 1 is 1.19 bits per heavy atom. The van der Waals surface area contributed by atoms with Gasteiger partial charge < -0.3 is 25.3 Å². The molecule has 0 radical (unpaired) electrons. The third-order valence-electron chi connectivity index (χ3n) is 5.80. The highest BCUT2D eigenvalue weighted by atomic mass is 19.1. The molecule has 1 fully saturated rings. The van der Waals surface area contributed by atoms with Crippen molar-refractivity contribution in [3.05, 3.63) is 29.8 Å². The molecule has 2 rings (SSSR count). The Balaban J connectivity index is 1.79. The average Bonchev–Trinajstić information content (AvgIpc) is 3.02. The lowest BCUT2D eigenvalue weighted by molar-refractivity contribution is -0.137. The number of aliphatic carboxylic acids is 1. The van der Waals surface area contributed by atoms with E-state index in [-0.39, 0.29) is 37.0 Å². The number of benzene rings is 1. The SMILES string of the molecule is O=C(O)CCCCCC[C@H]1[C@@H](O)C/C(=N/O)[C@@H]1CC[C@@H](O)COc1ccc(F)cc1F. The van der Waals surface area contributed by atoms with Gasteiger partial charge in [-0.2, -0.15) is 0 Å². The fraction of sp³-hybridized carbons (Fsp3) is 0.636. The zero-order valence-electron chi connectivity index (χ0n) is 17.4. The maximum atomic E-state index is 13.6. The molecule has 1 aromatic rings. The number of halogens is 2. The third-order valence-corrected chi connectivity index (χ3v) is 5.80. The van der Waals surface area contributed by atoms with Gasteiger partial charge in [-0.15, -0.1) is 0 Å². The lowest BCUT2D eigenvalue weighted by Gasteiger charge is -2.23. The van der Waals surface area contributed by atoms with Crippen LogP contribution in [-0.4, -0.2) is 51.0 Å². The van der Waals surface area contributed by atoms with Gasteiger partial charge in [0.05, 0.1) is 17.9 Å². The van der Waals surface area contributed by atoms with Crippen LogP contribution in [0.15, 0.2) is 23.4 Å². The van der Waals surface area contributed by atoms with Gasteiger partial charge in [0.1, 0.15) is 12.4 Å². The van der Waals surface area contributed by atoms with E-state index in [9.17, 15) is 29.0 Å². The first-order chi connectivity index (χ1) is 14.8. The molecule has 7 nitrogen and oxygen atoms in total. The van der Waals surface area contributed by atoms with E-state index < -0.39 is 29.8 Å². The van der Waals surface area contributed by atoms with Crippen LogP contribution in [0.3, 0.4) is 0 Å². The van der Waals surface area contributed by atoms with Crippen molar-refractivity contribution in [3.8, 4) is 5.75 Å². The summed E-state index contributed by atoms with van der Waals surface area (Å²) in [6.45, 7) is -0.169. The lowest BCUT2D eigenvalue weighted by atomic mass is 9.85. The maximum absolute atomic E-state index is 13.6. The second kappa shape index (κ2) is 12.6. The molecule has 1 saturated carbocycles. The summed E-state index contributed by atoms with van der Waals surface area (Å²) in [5, 5.41) is 41.9. The van der Waals surface area contributed by atoms with Crippen LogP contribution in [-0.2, 0) is 4.79 Å². The second-order valence-electron chi connectivity index (χ2n) is 8.10. The molecule has 0 aromatic heterocycles. The Morgan fingerprint density at radius 3 is 2.61 bits per heavy atom. The monoisotopic (exact) mass is 443 g/mol. The number of aliphatic hydroxyl groups excluding tert-OH is 2. The summed E-state index contributed by atoms with van der Waals surface area (Å²) in [4.78, 5) is 10.5. The van der Waals surface area contributed by atoms with E-state index in [1.807, 2.05) is 0 Å². The van der Waals surface area contributed by atoms with Crippen LogP contribution in [0.1, 0.15) is 57.8 Å². The van der Waals surface area contributed by atoms with Gasteiger partial charge in [0.2, 0.25) is 0 Å². The number of nitrogens with zero attached hydrogens (tertiary/aromatic N) is 1. The summed E-state index contributed by atoms with van der Waals surface area (Å²) in [7, 11) is 0. The summed E-state index contributed by atoms with van der Waals surface area (Å²) in [5.41, 5.74) is 0.501. The van der Waals surface area contributed by atoms with Gasteiger partial charge in [0.25, 0.3) is 0 Å². The number of carbonyl (C=O) groups is 1. The Bertz CT molecular complexity index is 745. The Hall–Kier alpha value is -2.26. The molecular weight excluding hydrogens is 412 g/mol. The number of unbranched alkanes of at least 4 members (excludes halogenated alkanes) is 3. The standard InChI is InChI=1S/C22H31F2NO6/c23-14-7-10-21(18(24)11-14)31-13-15(26)8-9-16-17(20(27)12-19(16)25-30)5-3-1-2-4-6-22(28)29/h7,10-11,15-17,20,26-27,30H,1-6,8-9,12-13H2,(H,28,29)/b25-19-/t15-,16-,17-,20+/m1/s1. The first-order valence-corrected chi connectivity index (χ1v) is 10.7. The zero-order chi connectivity index (χ0) is 22.8. The van der Waals surface area contributed by atoms with Gasteiger partial charge in [-0.25, -0.2) is 8.78 Å². The number of carboxylic acid groups (broad SMARTS) is 1. The zero-order valence-corrected chi connectivity index (χ0v) is 17.4. The molecule has 4 atom stereocenters. The van der Waals surface area contributed by atoms with Crippen LogP contribution < -0.4 is 4.74 Å². The Kier molecular flexibility index (Phi) is 10.1. The van der Waals surface area contributed by atoms with Crippen LogP contribution in [0.5, 0.6) is 5.75 Å². The number of carboxylic acids is 1. The molecule has 0 amide bonds. The summed E-state index contributed by atoms with van der Waals surface area (Å²) in [6, 6.07) is 2.94. The maximum Gasteiger partial charge on any atom is 0.303 e. The van der Waals surface area contributed by atoms with E-state index >= 15 is 0 Å². The van der Waals surface area contributed by atoms with Crippen LogP contribution in [0.4, 0.5) is 8.78 Å². The number of rotatable bonds is 13. The van der Waals surface area contributed by atoms with Crippen molar-refractivity contribution in [2.45, 2.75) is 70.0 Å². The highest BCUT2D eigenvalue weighted by Gasteiger charge is 2.39. The average molecular weight is 443 g/mol. The largest absolute Gasteiger partial charge is 0.488 e. The van der Waals surface area contributed by atoms with Crippen molar-refractivity contribution < 1.29 is 38.8 Å². The number of oxime groups is 1. The minimum atomic E-state index is -0.904. The van der Waals surface area contributed by atoms with Gasteiger partial charge in [0, 0.05) is 24.8 Å². The van der Waals surface area contributed by atoms with Crippen molar-refractivity contribution in [2.24, 2.45) is 17.0 Å². The minimum Gasteiger partial charge on any atom is -0.488 e. The number of aliphatic hydroxyl groups is 2. The van der Waals surface area contributed by atoms with Gasteiger partial charge >= 0.3 is 5.97 Å². The van der Waals surface area contributed by atoms with Gasteiger partial charge in [-0.1, -0.05) is 24.4 Å². The molecular formula is C22H31F2NO6. The molecule has 174 valence electrons. The van der Waals surface area contributed by atoms with Crippen molar-refractivity contribution >= 4 is 11.7 Å². The van der Waals surface area contributed by atoms with Crippen molar-refractivity contribution in [1.82, 2.24) is 0 Å². The number of hydrogen-bond acceptors (Lipinski definition) is 6. The Labute approximate surface area is 180 Å². The molecule has 1 aliphatic rings. The van der Waals surface area contributed by atoms with E-state index in [2.05, 4.69) is 5.16 Å². The number of hydrogen-bond donors (Lipinski definition) is 4. The molecule has 0 unspecified atom stereocenters. The number of ether oxygens (including phenoxy) is 1. The van der Waals surface area contributed by atoms with Gasteiger partial charge in [-0.3, -0.25) is 4.79 Å². The summed E-state index contributed by atoms with van der Waals surface area (Å²) in [6.07, 6.45) is 3.48. The van der Waals surface area contributed by atoms with Crippen LogP contribution in [0, 0.1) is 23.5 Å². The first-order valence-electron chi connectivity index (χ1n) is 10.7. The van der Waals surface area contributed by atoms with E-state index in [4.69, 9.17) is 9.84 Å². The molecule has 4 N–H and O–H groups in total. The minimum absolute atomic E-state index is 0.104. The quantitative estimate of drug-likeness (QED) is 0.209. The molecule has 0 saturated heterocycles. The molecule has 0 spiro atoms. The Morgan fingerprint density at radius 2 is 1.94 bits per heavy atom. The van der Waals surface area contributed by atoms with Crippen LogP contribution in [0.25, 0.3) is 0 Å². The van der Waals surface area contributed by atoms with E-state index in [0.29, 0.717) is 37.5 Å². The molecule has 9 heteroatoms. The smallest absolute Gasteiger partial charge is 0.303 e. The molecule has 0 heterocycles. The third kappa shape index (κ3) is 8.06. The normalized spacial score (nSPS) is 23.2. The van der Waals surface area contributed by atoms with E-state index in [1.165, 1.54) is 0 Å². The van der Waals surface area contributed by atoms with Crippen molar-refractivity contribution in [3.63, 3.8) is 0 Å². The van der Waals surface area contributed by atoms with Crippen molar-refractivity contribution in [2.75, 3.05) is 6.61 Å². The van der Waals surface area contributed by atoms with Gasteiger partial charge in [-0.05, 0) is 43.7 Å². The molecule has 31 heavy (non-hydrogen) atoms. The molecule has 1 aromatic carbocycles. The van der Waals surface area contributed by atoms with Crippen LogP contribution >= 0.6 is 0 Å². The molecule has 1 aliphatic carbocycles. The lowest BCUT2D eigenvalue weighted by Crippen LogP contribution is -2.24. The summed E-state index contributed by atoms with van der Waals surface area (Å²) < 4.78 is 31.8. The molecule has 0 aliphatic heterocycles. The predicted molar refractivity (Wildman–Crippen MR) is 109 cm³/mol. The van der Waals surface area contributed by atoms with E-state index in [1.54, 1.807) is 0 Å². The van der Waals surface area contributed by atoms with Crippen molar-refractivity contribution in [1.29, 1.82) is 0 Å². The topological polar surface area (TPSA) is 120 Å². The van der Waals surface area contributed by atoms with Gasteiger partial charge in [0.15, 0.2) is 11.6 Å². The molecule has 0 bridgehead atoms. The fourth-order valence-corrected chi connectivity index (χ4v) is 4.16. The first kappa shape index (κ1) is 25.0. The highest BCUT2D eigenvalue weighted by molar-refractivity contribution is 5.89. The summed E-state index contributed by atoms with van der Waals surface area (Å²) in [5.74, 6) is -2.79. The highest BCUT2D eigenvalue weighted by Crippen LogP contribution is 2.37. The van der Waals surface area contributed by atoms with E-state index in [0.717, 1.165) is 31.4 Å². The second-order valence-corrected chi connectivity index (χ2v) is 8.10. The van der Waals surface area contributed by atoms with Crippen LogP contribution in [0.2, 0.25) is 0 Å².